The molecule has 5 heteroatoms. The topological polar surface area (TPSA) is 56.4 Å². The van der Waals surface area contributed by atoms with Gasteiger partial charge in [0.1, 0.15) is 5.69 Å². The molecule has 1 saturated heterocycles. The van der Waals surface area contributed by atoms with E-state index in [1.54, 1.807) is 6.20 Å². The Morgan fingerprint density at radius 2 is 1.95 bits per heavy atom. The number of amides is 2. The minimum atomic E-state index is 0.0858. The number of likely N-dealkylation sites (tertiary alicyclic amines) is 1. The minimum Gasteiger partial charge on any atom is -0.357 e. The summed E-state index contributed by atoms with van der Waals surface area (Å²) in [6.45, 7) is 7.21. The van der Waals surface area contributed by atoms with Gasteiger partial charge in [0.25, 0.3) is 5.91 Å². The number of rotatable bonds is 6. The van der Waals surface area contributed by atoms with Crippen LogP contribution in [0.3, 0.4) is 0 Å². The van der Waals surface area contributed by atoms with Crippen LogP contribution in [0.4, 0.5) is 0 Å². The Morgan fingerprint density at radius 1 is 1.27 bits per heavy atom. The Kier molecular flexibility index (Phi) is 6.04. The average molecular weight is 305 g/mol. The summed E-state index contributed by atoms with van der Waals surface area (Å²) < 4.78 is 0. The van der Waals surface area contributed by atoms with Gasteiger partial charge in [-0.3, -0.25) is 9.59 Å². The molecule has 0 atom stereocenters. The van der Waals surface area contributed by atoms with E-state index >= 15 is 0 Å². The van der Waals surface area contributed by atoms with Gasteiger partial charge < -0.3 is 14.8 Å². The van der Waals surface area contributed by atoms with E-state index in [2.05, 4.69) is 4.98 Å². The minimum absolute atomic E-state index is 0.0858. The highest BCUT2D eigenvalue weighted by Crippen LogP contribution is 2.23. The molecule has 2 heterocycles. The molecule has 22 heavy (non-hydrogen) atoms. The van der Waals surface area contributed by atoms with Crippen molar-refractivity contribution in [2.45, 2.75) is 39.5 Å². The van der Waals surface area contributed by atoms with Crippen LogP contribution in [0.5, 0.6) is 0 Å². The van der Waals surface area contributed by atoms with E-state index in [1.165, 1.54) is 0 Å². The number of aromatic nitrogens is 1. The SMILES string of the molecule is CCN(CC)C(=O)CCC1CCN(C(=O)c2ccc[nH]2)CC1. The van der Waals surface area contributed by atoms with Crippen molar-refractivity contribution >= 4 is 11.8 Å². The van der Waals surface area contributed by atoms with Crippen LogP contribution in [-0.2, 0) is 4.79 Å². The highest BCUT2D eigenvalue weighted by molar-refractivity contribution is 5.92. The Morgan fingerprint density at radius 3 is 2.50 bits per heavy atom. The lowest BCUT2D eigenvalue weighted by Gasteiger charge is -2.32. The molecule has 1 aromatic heterocycles. The third-order valence-electron chi connectivity index (χ3n) is 4.61. The molecular weight excluding hydrogens is 278 g/mol. The Labute approximate surface area is 132 Å². The van der Waals surface area contributed by atoms with Gasteiger partial charge in [0, 0.05) is 38.8 Å². The zero-order valence-electron chi connectivity index (χ0n) is 13.7. The predicted octanol–water partition coefficient (Wildman–Crippen LogP) is 2.52. The monoisotopic (exact) mass is 305 g/mol. The van der Waals surface area contributed by atoms with Crippen LogP contribution in [0.25, 0.3) is 0 Å². The summed E-state index contributed by atoms with van der Waals surface area (Å²) in [7, 11) is 0. The second-order valence-corrected chi connectivity index (χ2v) is 5.92. The van der Waals surface area contributed by atoms with Crippen molar-refractivity contribution in [2.24, 2.45) is 5.92 Å². The molecule has 0 aromatic carbocycles. The number of carbonyl (C=O) groups excluding carboxylic acids is 2. The summed E-state index contributed by atoms with van der Waals surface area (Å²) in [5, 5.41) is 0. The quantitative estimate of drug-likeness (QED) is 0.878. The van der Waals surface area contributed by atoms with Crippen molar-refractivity contribution < 1.29 is 9.59 Å². The molecule has 1 N–H and O–H groups in total. The van der Waals surface area contributed by atoms with E-state index in [4.69, 9.17) is 0 Å². The lowest BCUT2D eigenvalue weighted by Crippen LogP contribution is -2.39. The van der Waals surface area contributed by atoms with E-state index < -0.39 is 0 Å². The Bertz CT molecular complexity index is 472. The smallest absolute Gasteiger partial charge is 0.270 e. The van der Waals surface area contributed by atoms with Crippen molar-refractivity contribution in [1.29, 1.82) is 0 Å². The van der Waals surface area contributed by atoms with Gasteiger partial charge in [-0.2, -0.15) is 0 Å². The summed E-state index contributed by atoms with van der Waals surface area (Å²) in [6, 6.07) is 3.66. The lowest BCUT2D eigenvalue weighted by atomic mass is 9.92. The maximum Gasteiger partial charge on any atom is 0.270 e. The van der Waals surface area contributed by atoms with Gasteiger partial charge >= 0.3 is 0 Å². The van der Waals surface area contributed by atoms with Crippen LogP contribution in [-0.4, -0.2) is 52.8 Å². The molecule has 1 aliphatic heterocycles. The summed E-state index contributed by atoms with van der Waals surface area (Å²) >= 11 is 0. The number of hydrogen-bond acceptors (Lipinski definition) is 2. The van der Waals surface area contributed by atoms with E-state index in [9.17, 15) is 9.59 Å². The van der Waals surface area contributed by atoms with Crippen LogP contribution in [0, 0.1) is 5.92 Å². The molecule has 5 nitrogen and oxygen atoms in total. The standard InChI is InChI=1S/C17H27N3O2/c1-3-19(4-2)16(21)8-7-14-9-12-20(13-10-14)17(22)15-6-5-11-18-15/h5-6,11,14,18H,3-4,7-10,12-13H2,1-2H3. The first-order valence-electron chi connectivity index (χ1n) is 8.36. The van der Waals surface area contributed by atoms with Gasteiger partial charge in [0.2, 0.25) is 5.91 Å². The molecule has 2 rings (SSSR count). The molecule has 1 aliphatic rings. The van der Waals surface area contributed by atoms with Gasteiger partial charge in [-0.05, 0) is 51.2 Å². The van der Waals surface area contributed by atoms with Crippen molar-refractivity contribution in [3.63, 3.8) is 0 Å². The molecule has 1 fully saturated rings. The number of nitrogens with one attached hydrogen (secondary N) is 1. The molecule has 122 valence electrons. The maximum atomic E-state index is 12.2. The summed E-state index contributed by atoms with van der Waals surface area (Å²) in [6.07, 6.45) is 5.35. The van der Waals surface area contributed by atoms with Gasteiger partial charge in [-0.15, -0.1) is 0 Å². The van der Waals surface area contributed by atoms with E-state index in [0.29, 0.717) is 18.0 Å². The summed E-state index contributed by atoms with van der Waals surface area (Å²) in [4.78, 5) is 31.0. The predicted molar refractivity (Wildman–Crippen MR) is 86.6 cm³/mol. The zero-order chi connectivity index (χ0) is 15.9. The lowest BCUT2D eigenvalue weighted by molar-refractivity contribution is -0.131. The second-order valence-electron chi connectivity index (χ2n) is 5.92. The van der Waals surface area contributed by atoms with Crippen molar-refractivity contribution in [3.8, 4) is 0 Å². The molecule has 0 spiro atoms. The van der Waals surface area contributed by atoms with Gasteiger partial charge in [0.15, 0.2) is 0 Å². The number of aromatic amines is 1. The molecule has 0 saturated carbocycles. The number of H-pyrrole nitrogens is 1. The van der Waals surface area contributed by atoms with Crippen molar-refractivity contribution in [2.75, 3.05) is 26.2 Å². The number of hydrogen-bond donors (Lipinski definition) is 1. The van der Waals surface area contributed by atoms with Crippen LogP contribution in [0.1, 0.15) is 50.0 Å². The molecule has 2 amide bonds. The van der Waals surface area contributed by atoms with E-state index in [1.807, 2.05) is 35.8 Å². The van der Waals surface area contributed by atoms with Crippen LogP contribution >= 0.6 is 0 Å². The Balaban J connectivity index is 1.73. The highest BCUT2D eigenvalue weighted by atomic mass is 16.2. The van der Waals surface area contributed by atoms with Crippen LogP contribution in [0.15, 0.2) is 18.3 Å². The van der Waals surface area contributed by atoms with Gasteiger partial charge in [0.05, 0.1) is 0 Å². The molecule has 0 aliphatic carbocycles. The molecular formula is C17H27N3O2. The third-order valence-corrected chi connectivity index (χ3v) is 4.61. The number of nitrogens with zero attached hydrogens (tertiary/aromatic N) is 2. The third kappa shape index (κ3) is 4.12. The average Bonchev–Trinajstić information content (AvgIpc) is 3.08. The fraction of sp³-hybridized carbons (Fsp3) is 0.647. The first-order valence-corrected chi connectivity index (χ1v) is 8.36. The molecule has 0 unspecified atom stereocenters. The molecule has 1 aromatic rings. The fourth-order valence-electron chi connectivity index (χ4n) is 3.12. The highest BCUT2D eigenvalue weighted by Gasteiger charge is 2.24. The van der Waals surface area contributed by atoms with E-state index in [-0.39, 0.29) is 11.8 Å². The normalized spacial score (nSPS) is 15.8. The van der Waals surface area contributed by atoms with E-state index in [0.717, 1.165) is 45.4 Å². The van der Waals surface area contributed by atoms with Crippen LogP contribution in [0.2, 0.25) is 0 Å². The largest absolute Gasteiger partial charge is 0.357 e. The zero-order valence-corrected chi connectivity index (χ0v) is 13.7. The summed E-state index contributed by atoms with van der Waals surface area (Å²) in [5.74, 6) is 0.907. The van der Waals surface area contributed by atoms with Crippen molar-refractivity contribution in [1.82, 2.24) is 14.8 Å². The van der Waals surface area contributed by atoms with Gasteiger partial charge in [-0.25, -0.2) is 0 Å². The molecule has 0 radical (unpaired) electrons. The number of piperidine rings is 1. The van der Waals surface area contributed by atoms with Crippen LogP contribution < -0.4 is 0 Å². The first kappa shape index (κ1) is 16.6. The fourth-order valence-corrected chi connectivity index (χ4v) is 3.12. The summed E-state index contributed by atoms with van der Waals surface area (Å²) in [5.41, 5.74) is 0.662. The maximum absolute atomic E-state index is 12.2. The molecule has 0 bridgehead atoms. The van der Waals surface area contributed by atoms with Crippen molar-refractivity contribution in [3.05, 3.63) is 24.0 Å². The Hall–Kier alpha value is -1.78. The van der Waals surface area contributed by atoms with Gasteiger partial charge in [-0.1, -0.05) is 0 Å². The first-order chi connectivity index (χ1) is 10.7. The number of carbonyl (C=O) groups is 2. The second kappa shape index (κ2) is 8.01.